The fraction of sp³-hybridized carbons (Fsp3) is 0.316. The highest BCUT2D eigenvalue weighted by Gasteiger charge is 2.31. The maximum absolute atomic E-state index is 12.9. The molecule has 3 rings (SSSR count). The Balaban J connectivity index is 1.71. The highest BCUT2D eigenvalue weighted by molar-refractivity contribution is 5.87. The second-order valence-corrected chi connectivity index (χ2v) is 6.29. The molecule has 0 bridgehead atoms. The van der Waals surface area contributed by atoms with Crippen LogP contribution < -0.4 is 14.8 Å². The van der Waals surface area contributed by atoms with Crippen molar-refractivity contribution >= 4 is 5.91 Å². The summed E-state index contributed by atoms with van der Waals surface area (Å²) in [7, 11) is 0. The summed E-state index contributed by atoms with van der Waals surface area (Å²) in [6.45, 7) is 5.12. The summed E-state index contributed by atoms with van der Waals surface area (Å²) in [6.07, 6.45) is 0. The summed E-state index contributed by atoms with van der Waals surface area (Å²) >= 11 is 0. The summed E-state index contributed by atoms with van der Waals surface area (Å²) in [6, 6.07) is 11.6. The average molecular weight is 329 g/mol. The third-order valence-electron chi connectivity index (χ3n) is 4.20. The van der Waals surface area contributed by atoms with Gasteiger partial charge in [0.2, 0.25) is 5.91 Å². The van der Waals surface area contributed by atoms with Gasteiger partial charge in [-0.05, 0) is 49.2 Å². The van der Waals surface area contributed by atoms with E-state index in [0.717, 1.165) is 11.1 Å². The molecule has 0 fully saturated rings. The van der Waals surface area contributed by atoms with Gasteiger partial charge in [0.15, 0.2) is 11.5 Å². The van der Waals surface area contributed by atoms with Gasteiger partial charge in [-0.1, -0.05) is 18.2 Å². The summed E-state index contributed by atoms with van der Waals surface area (Å²) in [5.41, 5.74) is 0.974. The first kappa shape index (κ1) is 16.3. The van der Waals surface area contributed by atoms with Gasteiger partial charge in [0.1, 0.15) is 19.0 Å². The lowest BCUT2D eigenvalue weighted by Crippen LogP contribution is -2.39. The highest BCUT2D eigenvalue weighted by atomic mass is 19.1. The van der Waals surface area contributed by atoms with Crippen LogP contribution in [-0.4, -0.2) is 19.1 Å². The topological polar surface area (TPSA) is 47.6 Å². The molecule has 1 N–H and O–H groups in total. The number of benzene rings is 2. The molecular formula is C19H20FNO3. The van der Waals surface area contributed by atoms with Crippen molar-refractivity contribution in [2.75, 3.05) is 13.2 Å². The Morgan fingerprint density at radius 2 is 1.75 bits per heavy atom. The number of hydrogen-bond acceptors (Lipinski definition) is 3. The quantitative estimate of drug-likeness (QED) is 0.937. The smallest absolute Gasteiger partial charge is 0.230 e. The maximum atomic E-state index is 12.9. The summed E-state index contributed by atoms with van der Waals surface area (Å²) < 4.78 is 24.0. The minimum absolute atomic E-state index is 0.108. The standard InChI is InChI=1S/C19H20FNO3/c1-19(2,14-5-8-16-17(11-14)24-10-9-23-16)18(22)21-12-13-3-6-15(20)7-4-13/h3-8,11H,9-10,12H2,1-2H3,(H,21,22). The molecule has 0 spiro atoms. The Kier molecular flexibility index (Phi) is 4.42. The number of fused-ring (bicyclic) bond motifs is 1. The van der Waals surface area contributed by atoms with Gasteiger partial charge < -0.3 is 14.8 Å². The van der Waals surface area contributed by atoms with E-state index < -0.39 is 5.41 Å². The summed E-state index contributed by atoms with van der Waals surface area (Å²) in [5.74, 6) is 0.968. The van der Waals surface area contributed by atoms with E-state index >= 15 is 0 Å². The minimum atomic E-state index is -0.726. The summed E-state index contributed by atoms with van der Waals surface area (Å²) in [4.78, 5) is 12.6. The molecule has 1 aliphatic heterocycles. The van der Waals surface area contributed by atoms with E-state index in [1.54, 1.807) is 12.1 Å². The molecule has 1 aliphatic rings. The molecular weight excluding hydrogens is 309 g/mol. The fourth-order valence-corrected chi connectivity index (χ4v) is 2.57. The van der Waals surface area contributed by atoms with Crippen LogP contribution in [0.3, 0.4) is 0 Å². The highest BCUT2D eigenvalue weighted by Crippen LogP contribution is 2.35. The van der Waals surface area contributed by atoms with Gasteiger partial charge in [0, 0.05) is 6.54 Å². The molecule has 0 unspecified atom stereocenters. The molecule has 0 saturated heterocycles. The van der Waals surface area contributed by atoms with E-state index in [0.29, 0.717) is 31.3 Å². The van der Waals surface area contributed by atoms with E-state index in [9.17, 15) is 9.18 Å². The van der Waals surface area contributed by atoms with Crippen molar-refractivity contribution in [2.45, 2.75) is 25.8 Å². The SMILES string of the molecule is CC(C)(C(=O)NCc1ccc(F)cc1)c1ccc2c(c1)OCCO2. The predicted octanol–water partition coefficient (Wildman–Crippen LogP) is 3.19. The zero-order chi connectivity index (χ0) is 17.2. The second kappa shape index (κ2) is 6.51. The molecule has 2 aromatic carbocycles. The number of ether oxygens (including phenoxy) is 2. The summed E-state index contributed by atoms with van der Waals surface area (Å²) in [5, 5.41) is 2.90. The number of nitrogens with one attached hydrogen (secondary N) is 1. The largest absolute Gasteiger partial charge is 0.486 e. The first-order chi connectivity index (χ1) is 11.5. The second-order valence-electron chi connectivity index (χ2n) is 6.29. The number of rotatable bonds is 4. The Morgan fingerprint density at radius 1 is 1.08 bits per heavy atom. The lowest BCUT2D eigenvalue weighted by atomic mass is 9.83. The van der Waals surface area contributed by atoms with Gasteiger partial charge in [-0.2, -0.15) is 0 Å². The number of carbonyl (C=O) groups excluding carboxylic acids is 1. The molecule has 2 aromatic rings. The molecule has 24 heavy (non-hydrogen) atoms. The lowest BCUT2D eigenvalue weighted by molar-refractivity contribution is -0.125. The van der Waals surface area contributed by atoms with E-state index in [1.807, 2.05) is 32.0 Å². The van der Waals surface area contributed by atoms with Crippen LogP contribution in [0.1, 0.15) is 25.0 Å². The zero-order valence-corrected chi connectivity index (χ0v) is 13.8. The van der Waals surface area contributed by atoms with E-state index in [1.165, 1.54) is 12.1 Å². The monoisotopic (exact) mass is 329 g/mol. The van der Waals surface area contributed by atoms with Crippen LogP contribution in [0, 0.1) is 5.82 Å². The van der Waals surface area contributed by atoms with Gasteiger partial charge >= 0.3 is 0 Å². The molecule has 1 amide bonds. The maximum Gasteiger partial charge on any atom is 0.230 e. The average Bonchev–Trinajstić information content (AvgIpc) is 2.60. The molecule has 1 heterocycles. The Hall–Kier alpha value is -2.56. The molecule has 0 saturated carbocycles. The van der Waals surface area contributed by atoms with Crippen molar-refractivity contribution in [1.29, 1.82) is 0 Å². The molecule has 0 aliphatic carbocycles. The van der Waals surface area contributed by atoms with Crippen LogP contribution >= 0.6 is 0 Å². The third-order valence-corrected chi connectivity index (χ3v) is 4.20. The third kappa shape index (κ3) is 3.35. The van der Waals surface area contributed by atoms with Gasteiger partial charge in [-0.3, -0.25) is 4.79 Å². The van der Waals surface area contributed by atoms with Crippen molar-refractivity contribution in [3.05, 3.63) is 59.4 Å². The number of amides is 1. The van der Waals surface area contributed by atoms with Gasteiger partial charge in [0.25, 0.3) is 0 Å². The van der Waals surface area contributed by atoms with Crippen molar-refractivity contribution < 1.29 is 18.7 Å². The zero-order valence-electron chi connectivity index (χ0n) is 13.8. The molecule has 4 nitrogen and oxygen atoms in total. The van der Waals surface area contributed by atoms with Crippen LogP contribution in [-0.2, 0) is 16.8 Å². The Morgan fingerprint density at radius 3 is 2.46 bits per heavy atom. The van der Waals surface area contributed by atoms with Crippen molar-refractivity contribution in [3.8, 4) is 11.5 Å². The lowest BCUT2D eigenvalue weighted by Gasteiger charge is -2.26. The first-order valence-corrected chi connectivity index (χ1v) is 7.90. The minimum Gasteiger partial charge on any atom is -0.486 e. The molecule has 0 radical (unpaired) electrons. The van der Waals surface area contributed by atoms with Crippen LogP contribution in [0.15, 0.2) is 42.5 Å². The normalized spacial score (nSPS) is 13.5. The van der Waals surface area contributed by atoms with Gasteiger partial charge in [-0.25, -0.2) is 4.39 Å². The first-order valence-electron chi connectivity index (χ1n) is 7.90. The predicted molar refractivity (Wildman–Crippen MR) is 88.7 cm³/mol. The van der Waals surface area contributed by atoms with Crippen molar-refractivity contribution in [2.24, 2.45) is 0 Å². The number of carbonyl (C=O) groups is 1. The molecule has 126 valence electrons. The Bertz CT molecular complexity index is 741. The van der Waals surface area contributed by atoms with E-state index in [-0.39, 0.29) is 11.7 Å². The van der Waals surface area contributed by atoms with E-state index in [4.69, 9.17) is 9.47 Å². The van der Waals surface area contributed by atoms with Crippen LogP contribution in [0.25, 0.3) is 0 Å². The van der Waals surface area contributed by atoms with Crippen LogP contribution in [0.5, 0.6) is 11.5 Å². The van der Waals surface area contributed by atoms with Crippen LogP contribution in [0.2, 0.25) is 0 Å². The van der Waals surface area contributed by atoms with E-state index in [2.05, 4.69) is 5.32 Å². The van der Waals surface area contributed by atoms with Gasteiger partial charge in [0.05, 0.1) is 5.41 Å². The van der Waals surface area contributed by atoms with Crippen LogP contribution in [0.4, 0.5) is 4.39 Å². The number of halogens is 1. The molecule has 0 atom stereocenters. The van der Waals surface area contributed by atoms with Crippen molar-refractivity contribution in [1.82, 2.24) is 5.32 Å². The fourth-order valence-electron chi connectivity index (χ4n) is 2.57. The number of hydrogen-bond donors (Lipinski definition) is 1. The Labute approximate surface area is 140 Å². The van der Waals surface area contributed by atoms with Gasteiger partial charge in [-0.15, -0.1) is 0 Å². The molecule has 0 aromatic heterocycles. The van der Waals surface area contributed by atoms with Crippen molar-refractivity contribution in [3.63, 3.8) is 0 Å². The molecule has 5 heteroatoms.